The highest BCUT2D eigenvalue weighted by Crippen LogP contribution is 2.32. The number of pyridine rings is 1. The van der Waals surface area contributed by atoms with E-state index in [1.165, 1.54) is 0 Å². The zero-order chi connectivity index (χ0) is 15.5. The number of hydrogen-bond donors (Lipinski definition) is 0. The van der Waals surface area contributed by atoms with Crippen LogP contribution in [0.5, 0.6) is 0 Å². The summed E-state index contributed by atoms with van der Waals surface area (Å²) in [6.45, 7) is 2.06. The molecule has 0 N–H and O–H groups in total. The minimum absolute atomic E-state index is 0.184. The summed E-state index contributed by atoms with van der Waals surface area (Å²) in [6, 6.07) is 6.36. The first-order chi connectivity index (χ1) is 10.7. The molecule has 4 rings (SSSR count). The first kappa shape index (κ1) is 14.8. The molecule has 6 heteroatoms. The van der Waals surface area contributed by atoms with Crippen molar-refractivity contribution in [2.45, 2.75) is 31.3 Å². The maximum Gasteiger partial charge on any atom is 0.225 e. The fraction of sp³-hybridized carbons (Fsp3) is 0.562. The SMILES string of the molecule is COCCC(=O)N1CC2CCC1CN2c1ccc(C#N)cn1. The van der Waals surface area contributed by atoms with Gasteiger partial charge in [-0.2, -0.15) is 5.26 Å². The van der Waals surface area contributed by atoms with Gasteiger partial charge in [0.05, 0.1) is 18.6 Å². The van der Waals surface area contributed by atoms with E-state index in [0.29, 0.717) is 24.6 Å². The normalized spacial score (nSPS) is 23.5. The zero-order valence-electron chi connectivity index (χ0n) is 12.7. The molecular weight excluding hydrogens is 280 g/mol. The second kappa shape index (κ2) is 6.32. The van der Waals surface area contributed by atoms with Crippen molar-refractivity contribution in [2.24, 2.45) is 0 Å². The lowest BCUT2D eigenvalue weighted by molar-refractivity contribution is -0.137. The maximum absolute atomic E-state index is 12.2. The molecule has 3 aliphatic rings. The van der Waals surface area contributed by atoms with E-state index in [-0.39, 0.29) is 11.9 Å². The van der Waals surface area contributed by atoms with E-state index in [1.54, 1.807) is 19.4 Å². The average Bonchev–Trinajstić information content (AvgIpc) is 2.60. The summed E-state index contributed by atoms with van der Waals surface area (Å²) in [5.41, 5.74) is 0.572. The molecule has 3 aliphatic heterocycles. The van der Waals surface area contributed by atoms with Crippen molar-refractivity contribution in [1.82, 2.24) is 9.88 Å². The lowest BCUT2D eigenvalue weighted by atomic mass is 9.90. The fourth-order valence-electron chi connectivity index (χ4n) is 3.37. The number of anilines is 1. The highest BCUT2D eigenvalue weighted by atomic mass is 16.5. The van der Waals surface area contributed by atoms with Crippen molar-refractivity contribution in [3.05, 3.63) is 23.9 Å². The molecule has 1 amide bonds. The zero-order valence-corrected chi connectivity index (χ0v) is 12.7. The van der Waals surface area contributed by atoms with Crippen molar-refractivity contribution < 1.29 is 9.53 Å². The first-order valence-corrected chi connectivity index (χ1v) is 7.64. The van der Waals surface area contributed by atoms with Gasteiger partial charge in [-0.05, 0) is 25.0 Å². The number of piperazine rings is 1. The van der Waals surface area contributed by atoms with E-state index in [9.17, 15) is 4.79 Å². The van der Waals surface area contributed by atoms with E-state index in [4.69, 9.17) is 10.00 Å². The molecule has 3 fully saturated rings. The number of nitriles is 1. The van der Waals surface area contributed by atoms with Gasteiger partial charge in [-0.15, -0.1) is 0 Å². The number of fused-ring (bicyclic) bond motifs is 3. The highest BCUT2D eigenvalue weighted by molar-refractivity contribution is 5.77. The smallest absolute Gasteiger partial charge is 0.225 e. The lowest BCUT2D eigenvalue weighted by Crippen LogP contribution is -2.64. The third-order valence-corrected chi connectivity index (χ3v) is 4.54. The molecule has 6 nitrogen and oxygen atoms in total. The monoisotopic (exact) mass is 300 g/mol. The third kappa shape index (κ3) is 2.77. The summed E-state index contributed by atoms with van der Waals surface area (Å²) < 4.78 is 5.00. The molecule has 2 bridgehead atoms. The van der Waals surface area contributed by atoms with Gasteiger partial charge in [0.2, 0.25) is 5.91 Å². The summed E-state index contributed by atoms with van der Waals surface area (Å²) in [7, 11) is 1.62. The van der Waals surface area contributed by atoms with Crippen molar-refractivity contribution in [1.29, 1.82) is 5.26 Å². The van der Waals surface area contributed by atoms with Gasteiger partial charge in [0.25, 0.3) is 0 Å². The number of hydrogen-bond acceptors (Lipinski definition) is 5. The van der Waals surface area contributed by atoms with Crippen LogP contribution in [0.15, 0.2) is 18.3 Å². The Bertz CT molecular complexity index is 581. The molecule has 0 spiro atoms. The predicted octanol–water partition coefficient (Wildman–Crippen LogP) is 1.17. The molecule has 0 aliphatic carbocycles. The minimum Gasteiger partial charge on any atom is -0.384 e. The largest absolute Gasteiger partial charge is 0.384 e. The van der Waals surface area contributed by atoms with Crippen molar-refractivity contribution in [3.63, 3.8) is 0 Å². The van der Waals surface area contributed by atoms with Crippen molar-refractivity contribution in [2.75, 3.05) is 31.7 Å². The molecule has 116 valence electrons. The second-order valence-electron chi connectivity index (χ2n) is 5.84. The van der Waals surface area contributed by atoms with Crippen LogP contribution in [0.4, 0.5) is 5.82 Å². The topological polar surface area (TPSA) is 69.5 Å². The predicted molar refractivity (Wildman–Crippen MR) is 81.3 cm³/mol. The lowest BCUT2D eigenvalue weighted by Gasteiger charge is -2.52. The van der Waals surface area contributed by atoms with Crippen LogP contribution < -0.4 is 4.90 Å². The Hall–Kier alpha value is -2.13. The number of rotatable bonds is 4. The Morgan fingerprint density at radius 1 is 1.41 bits per heavy atom. The van der Waals surface area contributed by atoms with E-state index in [1.807, 2.05) is 11.0 Å². The van der Waals surface area contributed by atoms with Crippen LogP contribution in [-0.4, -0.2) is 54.7 Å². The summed E-state index contributed by atoms with van der Waals surface area (Å²) in [5, 5.41) is 8.85. The molecule has 4 heterocycles. The Balaban J connectivity index is 1.69. The van der Waals surface area contributed by atoms with Gasteiger partial charge < -0.3 is 14.5 Å². The molecule has 3 saturated heterocycles. The second-order valence-corrected chi connectivity index (χ2v) is 5.84. The average molecular weight is 300 g/mol. The minimum atomic E-state index is 0.184. The van der Waals surface area contributed by atoms with Crippen molar-refractivity contribution >= 4 is 11.7 Å². The van der Waals surface area contributed by atoms with Gasteiger partial charge in [-0.3, -0.25) is 4.79 Å². The van der Waals surface area contributed by atoms with Crippen LogP contribution in [0.2, 0.25) is 0 Å². The Kier molecular flexibility index (Phi) is 4.25. The summed E-state index contributed by atoms with van der Waals surface area (Å²) in [5.74, 6) is 1.08. The van der Waals surface area contributed by atoms with Gasteiger partial charge in [0, 0.05) is 38.5 Å². The van der Waals surface area contributed by atoms with Crippen LogP contribution in [0.25, 0.3) is 0 Å². The summed E-state index contributed by atoms with van der Waals surface area (Å²) >= 11 is 0. The Morgan fingerprint density at radius 2 is 2.23 bits per heavy atom. The van der Waals surface area contributed by atoms with Crippen LogP contribution in [-0.2, 0) is 9.53 Å². The molecule has 0 radical (unpaired) electrons. The van der Waals surface area contributed by atoms with E-state index < -0.39 is 0 Å². The van der Waals surface area contributed by atoms with Gasteiger partial charge in [-0.25, -0.2) is 4.98 Å². The number of ether oxygens (including phenoxy) is 1. The standard InChI is InChI=1S/C16H20N4O2/c1-22-7-6-16(21)20-11-13-3-4-14(20)10-19(13)15-5-2-12(8-17)9-18-15/h2,5,9,13-14H,3-4,6-7,10-11H2,1H3. The molecule has 1 aromatic heterocycles. The molecule has 2 atom stereocenters. The van der Waals surface area contributed by atoms with Crippen LogP contribution in [0.1, 0.15) is 24.8 Å². The van der Waals surface area contributed by atoms with Gasteiger partial charge in [0.15, 0.2) is 0 Å². The van der Waals surface area contributed by atoms with E-state index >= 15 is 0 Å². The molecule has 0 aromatic carbocycles. The number of nitrogens with zero attached hydrogens (tertiary/aromatic N) is 4. The third-order valence-electron chi connectivity index (χ3n) is 4.54. The number of piperidine rings is 2. The van der Waals surface area contributed by atoms with Crippen molar-refractivity contribution in [3.8, 4) is 6.07 Å². The maximum atomic E-state index is 12.2. The number of aromatic nitrogens is 1. The molecule has 22 heavy (non-hydrogen) atoms. The number of methoxy groups -OCH3 is 1. The molecule has 2 unspecified atom stereocenters. The van der Waals surface area contributed by atoms with Gasteiger partial charge in [0.1, 0.15) is 11.9 Å². The van der Waals surface area contributed by atoms with Crippen LogP contribution in [0.3, 0.4) is 0 Å². The molecule has 0 saturated carbocycles. The summed E-state index contributed by atoms with van der Waals surface area (Å²) in [4.78, 5) is 20.9. The van der Waals surface area contributed by atoms with E-state index in [0.717, 1.165) is 31.7 Å². The fourth-order valence-corrected chi connectivity index (χ4v) is 3.37. The Morgan fingerprint density at radius 3 is 2.82 bits per heavy atom. The molecular formula is C16H20N4O2. The van der Waals surface area contributed by atoms with Gasteiger partial charge in [-0.1, -0.05) is 0 Å². The van der Waals surface area contributed by atoms with Crippen LogP contribution >= 0.6 is 0 Å². The number of carbonyl (C=O) groups is 1. The Labute approximate surface area is 130 Å². The quantitative estimate of drug-likeness (QED) is 0.835. The van der Waals surface area contributed by atoms with Crippen LogP contribution in [0, 0.1) is 11.3 Å². The van der Waals surface area contributed by atoms with Gasteiger partial charge >= 0.3 is 0 Å². The summed E-state index contributed by atoms with van der Waals surface area (Å²) in [6.07, 6.45) is 4.20. The molecule has 1 aromatic rings. The number of amides is 1. The first-order valence-electron chi connectivity index (χ1n) is 7.64. The number of carbonyl (C=O) groups excluding carboxylic acids is 1. The highest BCUT2D eigenvalue weighted by Gasteiger charge is 2.41. The van der Waals surface area contributed by atoms with E-state index in [2.05, 4.69) is 16.0 Å².